The van der Waals surface area contributed by atoms with Gasteiger partial charge in [0.25, 0.3) is 0 Å². The maximum Gasteiger partial charge on any atom is 0.348 e. The van der Waals surface area contributed by atoms with Gasteiger partial charge in [0.15, 0.2) is 0 Å². The maximum absolute atomic E-state index is 13.5. The molecule has 1 aromatic heterocycles. The number of fused-ring (bicyclic) bond motifs is 3. The molecular weight excluding hydrogens is 446 g/mol. The SMILES string of the molecule is O=C(OC1CC2(CCCOc3ccccc3)CCC1CN2)[C@](O)(c1ccccc1)c1cccs1. The Morgan fingerprint density at radius 2 is 1.85 bits per heavy atom. The van der Waals surface area contributed by atoms with Crippen molar-refractivity contribution in [1.29, 1.82) is 0 Å². The maximum atomic E-state index is 13.5. The number of carbonyl (C=O) groups excluding carboxylic acids is 1. The summed E-state index contributed by atoms with van der Waals surface area (Å²) in [5.74, 6) is 0.580. The average Bonchev–Trinajstić information content (AvgIpc) is 3.44. The van der Waals surface area contributed by atoms with Crippen molar-refractivity contribution in [3.05, 3.63) is 88.6 Å². The number of para-hydroxylation sites is 1. The molecule has 2 aliphatic heterocycles. The summed E-state index contributed by atoms with van der Waals surface area (Å²) in [6.07, 6.45) is 4.56. The molecule has 6 rings (SSSR count). The van der Waals surface area contributed by atoms with Gasteiger partial charge in [-0.25, -0.2) is 4.79 Å². The van der Waals surface area contributed by atoms with Crippen LogP contribution in [0.3, 0.4) is 0 Å². The van der Waals surface area contributed by atoms with E-state index in [0.717, 1.165) is 44.4 Å². The summed E-state index contributed by atoms with van der Waals surface area (Å²) in [5.41, 5.74) is -1.31. The first kappa shape index (κ1) is 23.1. The average molecular weight is 478 g/mol. The number of rotatable bonds is 9. The summed E-state index contributed by atoms with van der Waals surface area (Å²) in [5, 5.41) is 17.3. The Bertz CT molecular complexity index is 1060. The Morgan fingerprint density at radius 1 is 1.09 bits per heavy atom. The summed E-state index contributed by atoms with van der Waals surface area (Å²) in [7, 11) is 0. The van der Waals surface area contributed by atoms with Crippen molar-refractivity contribution >= 4 is 17.3 Å². The third kappa shape index (κ3) is 4.63. The van der Waals surface area contributed by atoms with Gasteiger partial charge in [0.1, 0.15) is 11.9 Å². The van der Waals surface area contributed by atoms with Gasteiger partial charge < -0.3 is 19.9 Å². The third-order valence-electron chi connectivity index (χ3n) is 7.29. The van der Waals surface area contributed by atoms with Gasteiger partial charge in [0.05, 0.1) is 11.5 Å². The minimum Gasteiger partial charge on any atom is -0.494 e. The topological polar surface area (TPSA) is 67.8 Å². The fourth-order valence-corrected chi connectivity index (χ4v) is 6.19. The highest BCUT2D eigenvalue weighted by molar-refractivity contribution is 7.10. The smallest absolute Gasteiger partial charge is 0.348 e. The largest absolute Gasteiger partial charge is 0.494 e. The Kier molecular flexibility index (Phi) is 6.73. The van der Waals surface area contributed by atoms with Crippen molar-refractivity contribution in [3.63, 3.8) is 0 Å². The number of esters is 1. The third-order valence-corrected chi connectivity index (χ3v) is 8.26. The van der Waals surface area contributed by atoms with Gasteiger partial charge >= 0.3 is 5.97 Å². The monoisotopic (exact) mass is 477 g/mol. The summed E-state index contributed by atoms with van der Waals surface area (Å²) in [6, 6.07) is 22.6. The van der Waals surface area contributed by atoms with Gasteiger partial charge in [-0.2, -0.15) is 0 Å². The van der Waals surface area contributed by atoms with Gasteiger partial charge in [-0.15, -0.1) is 11.3 Å². The van der Waals surface area contributed by atoms with Crippen LogP contribution in [0.2, 0.25) is 0 Å². The predicted octanol–water partition coefficient (Wildman–Crippen LogP) is 4.90. The van der Waals surface area contributed by atoms with Crippen LogP contribution in [-0.2, 0) is 15.1 Å². The summed E-state index contributed by atoms with van der Waals surface area (Å²) in [6.45, 7) is 1.49. The summed E-state index contributed by atoms with van der Waals surface area (Å²) in [4.78, 5) is 14.1. The Morgan fingerprint density at radius 3 is 2.53 bits per heavy atom. The van der Waals surface area contributed by atoms with Crippen LogP contribution in [0.4, 0.5) is 0 Å². The van der Waals surface area contributed by atoms with Crippen LogP contribution in [0, 0.1) is 5.92 Å². The quantitative estimate of drug-likeness (QED) is 0.339. The van der Waals surface area contributed by atoms with Crippen molar-refractivity contribution < 1.29 is 19.4 Å². The lowest BCUT2D eigenvalue weighted by Gasteiger charge is -2.51. The van der Waals surface area contributed by atoms with Crippen LogP contribution in [0.5, 0.6) is 5.75 Å². The molecule has 3 fully saturated rings. The molecule has 3 aromatic rings. The number of hydrogen-bond acceptors (Lipinski definition) is 6. The summed E-state index contributed by atoms with van der Waals surface area (Å²) < 4.78 is 12.0. The normalized spacial score (nSPS) is 25.4. The van der Waals surface area contributed by atoms with E-state index in [-0.39, 0.29) is 17.6 Å². The van der Waals surface area contributed by atoms with Crippen LogP contribution in [0.25, 0.3) is 0 Å². The number of hydrogen-bond donors (Lipinski definition) is 2. The number of nitrogens with one attached hydrogen (secondary N) is 1. The first-order chi connectivity index (χ1) is 16.6. The highest BCUT2D eigenvalue weighted by Crippen LogP contribution is 2.43. The van der Waals surface area contributed by atoms with Crippen molar-refractivity contribution in [1.82, 2.24) is 5.32 Å². The lowest BCUT2D eigenvalue weighted by atomic mass is 9.68. The van der Waals surface area contributed by atoms with Gasteiger partial charge in [-0.1, -0.05) is 54.6 Å². The highest BCUT2D eigenvalue weighted by atomic mass is 32.1. The Hall–Kier alpha value is -2.67. The first-order valence-electron chi connectivity index (χ1n) is 12.0. The van der Waals surface area contributed by atoms with E-state index in [0.29, 0.717) is 17.0 Å². The molecule has 3 aliphatic rings. The number of carbonyl (C=O) groups is 1. The Balaban J connectivity index is 1.25. The molecule has 6 heteroatoms. The second-order valence-electron chi connectivity index (χ2n) is 9.43. The van der Waals surface area contributed by atoms with Crippen molar-refractivity contribution in [2.75, 3.05) is 13.2 Å². The molecule has 1 saturated carbocycles. The number of piperidine rings is 2. The molecule has 4 atom stereocenters. The highest BCUT2D eigenvalue weighted by Gasteiger charge is 2.50. The fourth-order valence-electron chi connectivity index (χ4n) is 5.36. The minimum atomic E-state index is -1.80. The zero-order valence-corrected chi connectivity index (χ0v) is 20.0. The molecule has 2 bridgehead atoms. The van der Waals surface area contributed by atoms with Crippen molar-refractivity contribution in [2.24, 2.45) is 5.92 Å². The number of thiophene rings is 1. The molecule has 178 valence electrons. The zero-order chi connectivity index (χ0) is 23.4. The van der Waals surface area contributed by atoms with E-state index in [4.69, 9.17) is 9.47 Å². The second-order valence-corrected chi connectivity index (χ2v) is 10.4. The van der Waals surface area contributed by atoms with Gasteiger partial charge in [0.2, 0.25) is 5.60 Å². The molecular formula is C28H31NO4S. The van der Waals surface area contributed by atoms with E-state index in [2.05, 4.69) is 5.32 Å². The van der Waals surface area contributed by atoms with Crippen LogP contribution < -0.4 is 10.1 Å². The van der Waals surface area contributed by atoms with Crippen molar-refractivity contribution in [3.8, 4) is 5.75 Å². The lowest BCUT2D eigenvalue weighted by Crippen LogP contribution is -2.62. The van der Waals surface area contributed by atoms with Gasteiger partial charge in [-0.3, -0.25) is 0 Å². The van der Waals surface area contributed by atoms with Crippen molar-refractivity contribution in [2.45, 2.75) is 49.3 Å². The lowest BCUT2D eigenvalue weighted by molar-refractivity contribution is -0.176. The van der Waals surface area contributed by atoms with E-state index < -0.39 is 11.6 Å². The van der Waals surface area contributed by atoms with E-state index >= 15 is 0 Å². The Labute approximate surface area is 204 Å². The number of ether oxygens (including phenoxy) is 2. The molecule has 5 nitrogen and oxygen atoms in total. The minimum absolute atomic E-state index is 0.0481. The molecule has 3 unspecified atom stereocenters. The van der Waals surface area contributed by atoms with Crippen LogP contribution in [-0.4, -0.2) is 35.9 Å². The molecule has 0 spiro atoms. The predicted molar refractivity (Wildman–Crippen MR) is 133 cm³/mol. The first-order valence-corrected chi connectivity index (χ1v) is 12.9. The molecule has 1 aliphatic carbocycles. The van der Waals surface area contributed by atoms with Crippen LogP contribution in [0.15, 0.2) is 78.2 Å². The molecule has 2 N–H and O–H groups in total. The molecule has 3 heterocycles. The number of benzene rings is 2. The molecule has 34 heavy (non-hydrogen) atoms. The van der Waals surface area contributed by atoms with Gasteiger partial charge in [0, 0.05) is 30.0 Å². The van der Waals surface area contributed by atoms with E-state index in [1.807, 2.05) is 60.0 Å². The molecule has 2 saturated heterocycles. The number of aliphatic hydroxyl groups is 1. The molecule has 2 aromatic carbocycles. The molecule has 0 radical (unpaired) electrons. The van der Waals surface area contributed by atoms with Crippen LogP contribution in [0.1, 0.15) is 42.5 Å². The molecule has 0 amide bonds. The zero-order valence-electron chi connectivity index (χ0n) is 19.2. The fraction of sp³-hybridized carbons (Fsp3) is 0.393. The standard InChI is InChI=1S/C28H31NO4S/c30-26(28(31,25-13-7-18-34-25)22-9-3-1-4-10-22)33-24-19-27(16-14-21(24)20-29-27)15-8-17-32-23-11-5-2-6-12-23/h1-7,9-13,18,21,24,29,31H,8,14-17,19-20H2/t21?,24?,27?,28-/m0/s1. The van der Waals surface area contributed by atoms with E-state index in [1.165, 1.54) is 11.3 Å². The van der Waals surface area contributed by atoms with Crippen LogP contribution >= 0.6 is 11.3 Å². The van der Waals surface area contributed by atoms with E-state index in [9.17, 15) is 9.90 Å². The van der Waals surface area contributed by atoms with Gasteiger partial charge in [-0.05, 0) is 49.3 Å². The summed E-state index contributed by atoms with van der Waals surface area (Å²) >= 11 is 1.36. The van der Waals surface area contributed by atoms with E-state index in [1.54, 1.807) is 18.2 Å². The second kappa shape index (κ2) is 9.90.